The van der Waals surface area contributed by atoms with E-state index in [1.54, 1.807) is 0 Å². The van der Waals surface area contributed by atoms with Crippen LogP contribution in [0.5, 0.6) is 0 Å². The van der Waals surface area contributed by atoms with E-state index in [0.29, 0.717) is 0 Å². The molecule has 2 rings (SSSR count). The number of amides is 1. The number of oxime groups is 1. The van der Waals surface area contributed by atoms with Crippen molar-refractivity contribution >= 4 is 17.4 Å². The van der Waals surface area contributed by atoms with Crippen LogP contribution in [0.2, 0.25) is 0 Å². The van der Waals surface area contributed by atoms with E-state index in [4.69, 9.17) is 10.9 Å². The summed E-state index contributed by atoms with van der Waals surface area (Å²) in [7, 11) is 0. The van der Waals surface area contributed by atoms with Gasteiger partial charge in [-0.1, -0.05) is 5.16 Å². The van der Waals surface area contributed by atoms with E-state index >= 15 is 0 Å². The van der Waals surface area contributed by atoms with Crippen LogP contribution in [0.15, 0.2) is 41.8 Å². The van der Waals surface area contributed by atoms with Crippen LogP contribution in [0, 0.1) is 11.6 Å². The van der Waals surface area contributed by atoms with Gasteiger partial charge in [-0.3, -0.25) is 9.78 Å². The number of hydrogen-bond donors (Lipinski definition) is 3. The number of hydrogen-bond acceptors (Lipinski definition) is 4. The maximum Gasteiger partial charge on any atom is 0.257 e. The van der Waals surface area contributed by atoms with Gasteiger partial charge in [0.1, 0.15) is 11.6 Å². The number of benzene rings is 1. The lowest BCUT2D eigenvalue weighted by molar-refractivity contribution is 0.102. The molecule has 0 aliphatic carbocycles. The maximum absolute atomic E-state index is 13.5. The van der Waals surface area contributed by atoms with Crippen molar-refractivity contribution in [3.8, 4) is 0 Å². The summed E-state index contributed by atoms with van der Waals surface area (Å²) in [5.74, 6) is -2.43. The molecule has 108 valence electrons. The number of pyridine rings is 1. The molecular weight excluding hydrogens is 282 g/mol. The molecule has 2 aromatic rings. The second kappa shape index (κ2) is 5.95. The lowest BCUT2D eigenvalue weighted by Crippen LogP contribution is -2.17. The van der Waals surface area contributed by atoms with Crippen LogP contribution >= 0.6 is 0 Å². The highest BCUT2D eigenvalue weighted by Crippen LogP contribution is 2.16. The number of nitrogens with two attached hydrogens (primary N) is 1. The lowest BCUT2D eigenvalue weighted by Gasteiger charge is -2.07. The number of anilines is 1. The maximum atomic E-state index is 13.5. The molecule has 0 aliphatic heterocycles. The monoisotopic (exact) mass is 292 g/mol. The summed E-state index contributed by atoms with van der Waals surface area (Å²) in [4.78, 5) is 15.4. The van der Waals surface area contributed by atoms with E-state index in [1.165, 1.54) is 18.3 Å². The molecule has 0 unspecified atom stereocenters. The largest absolute Gasteiger partial charge is 0.409 e. The fourth-order valence-corrected chi connectivity index (χ4v) is 1.59. The normalized spacial score (nSPS) is 11.2. The minimum atomic E-state index is -0.712. The Labute approximate surface area is 117 Å². The fraction of sp³-hybridized carbons (Fsp3) is 0. The molecule has 1 aromatic carbocycles. The number of nitrogens with zero attached hydrogens (tertiary/aromatic N) is 2. The van der Waals surface area contributed by atoms with E-state index in [-0.39, 0.29) is 16.8 Å². The van der Waals surface area contributed by atoms with Gasteiger partial charge in [0.2, 0.25) is 0 Å². The Kier molecular flexibility index (Phi) is 4.07. The number of amidine groups is 1. The molecule has 1 heterocycles. The van der Waals surface area contributed by atoms with Crippen molar-refractivity contribution in [3.05, 3.63) is 59.4 Å². The van der Waals surface area contributed by atoms with Crippen LogP contribution < -0.4 is 11.1 Å². The van der Waals surface area contributed by atoms with Crippen LogP contribution in [-0.4, -0.2) is 21.9 Å². The minimum Gasteiger partial charge on any atom is -0.409 e. The van der Waals surface area contributed by atoms with Crippen molar-refractivity contribution in [2.45, 2.75) is 0 Å². The molecule has 6 nitrogen and oxygen atoms in total. The predicted molar refractivity (Wildman–Crippen MR) is 71.1 cm³/mol. The highest BCUT2D eigenvalue weighted by molar-refractivity contribution is 6.05. The summed E-state index contributed by atoms with van der Waals surface area (Å²) in [6.45, 7) is 0. The van der Waals surface area contributed by atoms with Gasteiger partial charge in [0.15, 0.2) is 5.84 Å². The third-order valence-electron chi connectivity index (χ3n) is 2.57. The van der Waals surface area contributed by atoms with Crippen molar-refractivity contribution in [2.75, 3.05) is 5.32 Å². The summed E-state index contributed by atoms with van der Waals surface area (Å²) < 4.78 is 26.5. The Morgan fingerprint density at radius 3 is 2.71 bits per heavy atom. The Hall–Kier alpha value is -3.03. The number of aromatic nitrogens is 1. The van der Waals surface area contributed by atoms with Crippen molar-refractivity contribution in [1.82, 2.24) is 4.98 Å². The number of carbonyl (C=O) groups excluding carboxylic acids is 1. The van der Waals surface area contributed by atoms with Gasteiger partial charge in [-0.15, -0.1) is 0 Å². The highest BCUT2D eigenvalue weighted by Gasteiger charge is 2.11. The average molecular weight is 292 g/mol. The van der Waals surface area contributed by atoms with Gasteiger partial charge in [0.05, 0.1) is 17.3 Å². The van der Waals surface area contributed by atoms with Crippen LogP contribution in [0.3, 0.4) is 0 Å². The number of rotatable bonds is 3. The molecule has 0 aliphatic rings. The molecule has 0 bridgehead atoms. The molecule has 21 heavy (non-hydrogen) atoms. The second-order valence-electron chi connectivity index (χ2n) is 4.03. The third kappa shape index (κ3) is 3.30. The predicted octanol–water partition coefficient (Wildman–Crippen LogP) is 1.71. The number of nitrogens with one attached hydrogen (secondary N) is 1. The first-order chi connectivity index (χ1) is 10.0. The summed E-state index contributed by atoms with van der Waals surface area (Å²) in [6, 6.07) is 4.53. The summed E-state index contributed by atoms with van der Waals surface area (Å²) in [5, 5.41) is 13.7. The van der Waals surface area contributed by atoms with Gasteiger partial charge < -0.3 is 16.3 Å². The zero-order chi connectivity index (χ0) is 15.4. The Bertz CT molecular complexity index is 719. The molecule has 0 saturated carbocycles. The van der Waals surface area contributed by atoms with Crippen molar-refractivity contribution in [2.24, 2.45) is 10.9 Å². The van der Waals surface area contributed by atoms with E-state index in [1.807, 2.05) is 0 Å². The number of halogens is 2. The third-order valence-corrected chi connectivity index (χ3v) is 2.57. The van der Waals surface area contributed by atoms with Crippen molar-refractivity contribution < 1.29 is 18.8 Å². The number of carbonyl (C=O) groups is 1. The molecule has 4 N–H and O–H groups in total. The molecule has 0 spiro atoms. The molecular formula is C13H10F2N4O2. The lowest BCUT2D eigenvalue weighted by atomic mass is 10.1. The van der Waals surface area contributed by atoms with E-state index in [0.717, 1.165) is 18.3 Å². The van der Waals surface area contributed by atoms with Crippen LogP contribution in [-0.2, 0) is 0 Å². The van der Waals surface area contributed by atoms with Gasteiger partial charge in [0, 0.05) is 11.9 Å². The second-order valence-corrected chi connectivity index (χ2v) is 4.03. The smallest absolute Gasteiger partial charge is 0.257 e. The molecule has 0 radical (unpaired) electrons. The molecule has 1 amide bonds. The fourth-order valence-electron chi connectivity index (χ4n) is 1.59. The molecule has 8 heteroatoms. The van der Waals surface area contributed by atoms with Crippen LogP contribution in [0.25, 0.3) is 0 Å². The highest BCUT2D eigenvalue weighted by atomic mass is 19.1. The molecule has 1 aromatic heterocycles. The first-order valence-electron chi connectivity index (χ1n) is 5.70. The first-order valence-corrected chi connectivity index (χ1v) is 5.70. The molecule has 0 fully saturated rings. The van der Waals surface area contributed by atoms with Gasteiger partial charge in [-0.2, -0.15) is 0 Å². The van der Waals surface area contributed by atoms with Gasteiger partial charge >= 0.3 is 0 Å². The summed E-state index contributed by atoms with van der Waals surface area (Å²) in [5.41, 5.74) is 5.35. The van der Waals surface area contributed by atoms with Gasteiger partial charge in [-0.25, -0.2) is 8.78 Å². The average Bonchev–Trinajstić information content (AvgIpc) is 2.48. The van der Waals surface area contributed by atoms with Crippen LogP contribution in [0.1, 0.15) is 15.9 Å². The van der Waals surface area contributed by atoms with E-state index < -0.39 is 23.4 Å². The van der Waals surface area contributed by atoms with E-state index in [9.17, 15) is 13.6 Å². The van der Waals surface area contributed by atoms with Crippen molar-refractivity contribution in [1.29, 1.82) is 0 Å². The first kappa shape index (κ1) is 14.4. The standard InChI is InChI=1S/C13H10F2N4O2/c14-8-3-7(5-17-6-8)13(20)18-9-1-2-11(15)10(4-9)12(16)19-21/h1-6,21H,(H2,16,19)(H,18,20). The van der Waals surface area contributed by atoms with Crippen molar-refractivity contribution in [3.63, 3.8) is 0 Å². The SMILES string of the molecule is N/C(=N/O)c1cc(NC(=O)c2cncc(F)c2)ccc1F. The molecule has 0 atom stereocenters. The van der Waals surface area contributed by atoms with Gasteiger partial charge in [0.25, 0.3) is 5.91 Å². The Balaban J connectivity index is 2.26. The topological polar surface area (TPSA) is 101 Å². The minimum absolute atomic E-state index is 0.00433. The van der Waals surface area contributed by atoms with Crippen LogP contribution in [0.4, 0.5) is 14.5 Å². The van der Waals surface area contributed by atoms with Gasteiger partial charge in [-0.05, 0) is 24.3 Å². The zero-order valence-corrected chi connectivity index (χ0v) is 10.5. The Morgan fingerprint density at radius 2 is 2.05 bits per heavy atom. The molecule has 0 saturated heterocycles. The Morgan fingerprint density at radius 1 is 1.29 bits per heavy atom. The van der Waals surface area contributed by atoms with E-state index in [2.05, 4.69) is 15.5 Å². The quantitative estimate of drug-likeness (QED) is 0.347. The summed E-state index contributed by atoms with van der Waals surface area (Å²) in [6.07, 6.45) is 2.15. The zero-order valence-electron chi connectivity index (χ0n) is 10.5. The summed E-state index contributed by atoms with van der Waals surface area (Å²) >= 11 is 0.